The maximum Gasteiger partial charge on any atom is 0.255 e. The predicted molar refractivity (Wildman–Crippen MR) is 77.9 cm³/mol. The van der Waals surface area contributed by atoms with Crippen LogP contribution in [0.5, 0.6) is 0 Å². The summed E-state index contributed by atoms with van der Waals surface area (Å²) in [5.41, 5.74) is 1.25. The monoisotopic (exact) mass is 288 g/mol. The van der Waals surface area contributed by atoms with Crippen LogP contribution >= 0.6 is 0 Å². The molecule has 1 fully saturated rings. The molecule has 3 rings (SSSR count). The average Bonchev–Trinajstić information content (AvgIpc) is 2.97. The van der Waals surface area contributed by atoms with E-state index in [1.807, 2.05) is 0 Å². The molecule has 0 saturated heterocycles. The lowest BCUT2D eigenvalue weighted by atomic mass is 9.79. The number of aliphatic hydroxyl groups excluding tert-OH is 1. The zero-order chi connectivity index (χ0) is 14.7. The van der Waals surface area contributed by atoms with Gasteiger partial charge in [0.05, 0.1) is 23.5 Å². The van der Waals surface area contributed by atoms with E-state index in [0.717, 1.165) is 12.8 Å². The third-order valence-electron chi connectivity index (χ3n) is 4.40. The van der Waals surface area contributed by atoms with Gasteiger partial charge in [-0.1, -0.05) is 12.8 Å². The number of fused-ring (bicyclic) bond motifs is 1. The van der Waals surface area contributed by atoms with Crippen LogP contribution in [0.4, 0.5) is 0 Å². The number of aromatic nitrogens is 3. The lowest BCUT2D eigenvalue weighted by Crippen LogP contribution is -2.35. The lowest BCUT2D eigenvalue weighted by molar-refractivity contribution is 0.0911. The first-order valence-electron chi connectivity index (χ1n) is 7.46. The summed E-state index contributed by atoms with van der Waals surface area (Å²) < 4.78 is 1.64. The maximum absolute atomic E-state index is 12.3. The molecule has 6 nitrogen and oxygen atoms in total. The van der Waals surface area contributed by atoms with Crippen LogP contribution < -0.4 is 5.32 Å². The van der Waals surface area contributed by atoms with E-state index in [0.29, 0.717) is 29.5 Å². The van der Waals surface area contributed by atoms with Crippen LogP contribution in [0.2, 0.25) is 0 Å². The molecular formula is C15H20N4O2. The Morgan fingerprint density at radius 3 is 2.95 bits per heavy atom. The van der Waals surface area contributed by atoms with E-state index in [2.05, 4.69) is 15.4 Å². The zero-order valence-corrected chi connectivity index (χ0v) is 11.9. The van der Waals surface area contributed by atoms with Crippen LogP contribution in [0, 0.1) is 11.8 Å². The van der Waals surface area contributed by atoms with Gasteiger partial charge in [0.25, 0.3) is 5.91 Å². The van der Waals surface area contributed by atoms with Crippen molar-refractivity contribution >= 4 is 11.4 Å². The van der Waals surface area contributed by atoms with E-state index in [1.54, 1.807) is 29.3 Å². The molecule has 2 atom stereocenters. The van der Waals surface area contributed by atoms with Crippen molar-refractivity contribution in [1.29, 1.82) is 0 Å². The van der Waals surface area contributed by atoms with Crippen LogP contribution in [-0.4, -0.2) is 38.8 Å². The van der Waals surface area contributed by atoms with Crippen molar-refractivity contribution < 1.29 is 9.90 Å². The van der Waals surface area contributed by atoms with Gasteiger partial charge in [-0.15, -0.1) is 0 Å². The second kappa shape index (κ2) is 6.22. The number of nitrogens with one attached hydrogen (secondary N) is 1. The number of amides is 1. The average molecular weight is 288 g/mol. The summed E-state index contributed by atoms with van der Waals surface area (Å²) in [6.45, 7) is 0.822. The standard InChI is InChI=1S/C15H20N4O2/c20-10-12-4-2-1-3-11(12)7-17-15(21)13-8-18-19-6-5-16-9-14(13)19/h5-6,8-9,11-12,20H,1-4,7,10H2,(H,17,21). The van der Waals surface area contributed by atoms with E-state index < -0.39 is 0 Å². The molecule has 112 valence electrons. The van der Waals surface area contributed by atoms with Gasteiger partial charge >= 0.3 is 0 Å². The molecule has 1 aliphatic carbocycles. The Bertz CT molecular complexity index is 625. The van der Waals surface area contributed by atoms with Crippen LogP contribution in [0.25, 0.3) is 5.52 Å². The molecule has 2 aromatic rings. The molecule has 0 aromatic carbocycles. The van der Waals surface area contributed by atoms with E-state index in [-0.39, 0.29) is 12.5 Å². The van der Waals surface area contributed by atoms with Crippen molar-refractivity contribution in [2.45, 2.75) is 25.7 Å². The van der Waals surface area contributed by atoms with Crippen molar-refractivity contribution in [3.63, 3.8) is 0 Å². The fourth-order valence-electron chi connectivity index (χ4n) is 3.12. The highest BCUT2D eigenvalue weighted by Gasteiger charge is 2.25. The lowest BCUT2D eigenvalue weighted by Gasteiger charge is -2.30. The van der Waals surface area contributed by atoms with Gasteiger partial charge in [-0.3, -0.25) is 9.78 Å². The topological polar surface area (TPSA) is 79.5 Å². The van der Waals surface area contributed by atoms with Gasteiger partial charge in [0.1, 0.15) is 0 Å². The fraction of sp³-hybridized carbons (Fsp3) is 0.533. The zero-order valence-electron chi connectivity index (χ0n) is 11.9. The third kappa shape index (κ3) is 2.90. The molecule has 1 amide bonds. The van der Waals surface area contributed by atoms with Crippen LogP contribution in [-0.2, 0) is 0 Å². The number of nitrogens with zero attached hydrogens (tertiary/aromatic N) is 3. The Kier molecular flexibility index (Phi) is 4.15. The van der Waals surface area contributed by atoms with Gasteiger partial charge in [-0.05, 0) is 24.7 Å². The summed E-state index contributed by atoms with van der Waals surface area (Å²) in [6, 6.07) is 0. The second-order valence-electron chi connectivity index (χ2n) is 5.66. The Labute approximate surface area is 123 Å². The van der Waals surface area contributed by atoms with Crippen molar-refractivity contribution in [1.82, 2.24) is 19.9 Å². The molecule has 0 aliphatic heterocycles. The first-order valence-corrected chi connectivity index (χ1v) is 7.46. The molecule has 0 bridgehead atoms. The third-order valence-corrected chi connectivity index (χ3v) is 4.40. The van der Waals surface area contributed by atoms with Crippen molar-refractivity contribution in [2.75, 3.05) is 13.2 Å². The van der Waals surface area contributed by atoms with Crippen LogP contribution in [0.3, 0.4) is 0 Å². The summed E-state index contributed by atoms with van der Waals surface area (Å²) >= 11 is 0. The normalized spacial score (nSPS) is 22.3. The van der Waals surface area contributed by atoms with Gasteiger partial charge < -0.3 is 10.4 Å². The van der Waals surface area contributed by atoms with Crippen molar-refractivity contribution in [3.05, 3.63) is 30.4 Å². The molecule has 2 aromatic heterocycles. The van der Waals surface area contributed by atoms with E-state index in [9.17, 15) is 9.90 Å². The number of carbonyl (C=O) groups is 1. The van der Waals surface area contributed by atoms with E-state index in [4.69, 9.17) is 0 Å². The van der Waals surface area contributed by atoms with Gasteiger partial charge in [0.15, 0.2) is 0 Å². The molecule has 2 N–H and O–H groups in total. The molecular weight excluding hydrogens is 268 g/mol. The van der Waals surface area contributed by atoms with E-state index >= 15 is 0 Å². The number of rotatable bonds is 4. The van der Waals surface area contributed by atoms with Gasteiger partial charge in [-0.25, -0.2) is 4.52 Å². The summed E-state index contributed by atoms with van der Waals surface area (Å²) in [5, 5.41) is 16.5. The van der Waals surface area contributed by atoms with Crippen molar-refractivity contribution in [2.24, 2.45) is 11.8 Å². The maximum atomic E-state index is 12.3. The number of aliphatic hydroxyl groups is 1. The molecule has 1 aliphatic rings. The highest BCUT2D eigenvalue weighted by Crippen LogP contribution is 2.29. The highest BCUT2D eigenvalue weighted by molar-refractivity contribution is 6.00. The van der Waals surface area contributed by atoms with Gasteiger partial charge in [0, 0.05) is 25.5 Å². The van der Waals surface area contributed by atoms with Gasteiger partial charge in [0.2, 0.25) is 0 Å². The van der Waals surface area contributed by atoms with Gasteiger partial charge in [-0.2, -0.15) is 5.10 Å². The minimum Gasteiger partial charge on any atom is -0.396 e. The van der Waals surface area contributed by atoms with Crippen molar-refractivity contribution in [3.8, 4) is 0 Å². The summed E-state index contributed by atoms with van der Waals surface area (Å²) in [7, 11) is 0. The molecule has 6 heteroatoms. The Balaban J connectivity index is 1.66. The molecule has 2 heterocycles. The largest absolute Gasteiger partial charge is 0.396 e. The summed E-state index contributed by atoms with van der Waals surface area (Å²) in [4.78, 5) is 16.3. The number of carbonyl (C=O) groups excluding carboxylic acids is 1. The molecule has 21 heavy (non-hydrogen) atoms. The Morgan fingerprint density at radius 2 is 2.14 bits per heavy atom. The quantitative estimate of drug-likeness (QED) is 0.887. The highest BCUT2D eigenvalue weighted by atomic mass is 16.3. The van der Waals surface area contributed by atoms with Crippen LogP contribution in [0.15, 0.2) is 24.8 Å². The molecule has 0 spiro atoms. The van der Waals surface area contributed by atoms with E-state index in [1.165, 1.54) is 12.8 Å². The first kappa shape index (κ1) is 14.0. The summed E-state index contributed by atoms with van der Waals surface area (Å²) in [5.74, 6) is 0.553. The number of hydrogen-bond acceptors (Lipinski definition) is 4. The smallest absolute Gasteiger partial charge is 0.255 e. The van der Waals surface area contributed by atoms with Crippen LogP contribution in [0.1, 0.15) is 36.0 Å². The first-order chi connectivity index (χ1) is 10.3. The predicted octanol–water partition coefficient (Wildman–Crippen LogP) is 1.26. The minimum absolute atomic E-state index is 0.125. The molecule has 2 unspecified atom stereocenters. The number of hydrogen-bond donors (Lipinski definition) is 2. The summed E-state index contributed by atoms with van der Waals surface area (Å²) in [6.07, 6.45) is 11.0. The Hall–Kier alpha value is -1.95. The second-order valence-corrected chi connectivity index (χ2v) is 5.66. The molecule has 1 saturated carbocycles. The fourth-order valence-corrected chi connectivity index (χ4v) is 3.12. The minimum atomic E-state index is -0.125. The SMILES string of the molecule is O=C(NCC1CCCCC1CO)c1cnn2ccncc12. The molecule has 0 radical (unpaired) electrons. The Morgan fingerprint density at radius 1 is 1.33 bits per heavy atom.